The minimum Gasteiger partial charge on any atom is -0.399 e. The number of nitrogens with one attached hydrogen (secondary N) is 1. The van der Waals surface area contributed by atoms with Crippen LogP contribution in [0.4, 0.5) is 10.5 Å². The first-order chi connectivity index (χ1) is 18.0. The number of urea groups is 1. The Balaban J connectivity index is 1.17. The lowest BCUT2D eigenvalue weighted by Gasteiger charge is -2.31. The molecular weight excluding hydrogens is 510 g/mol. The van der Waals surface area contributed by atoms with Gasteiger partial charge in [0.15, 0.2) is 6.10 Å². The number of rotatable bonds is 6. The second kappa shape index (κ2) is 11.3. The van der Waals surface area contributed by atoms with Gasteiger partial charge in [0.2, 0.25) is 0 Å². The van der Waals surface area contributed by atoms with Crippen LogP contribution in [-0.2, 0) is 9.68 Å². The summed E-state index contributed by atoms with van der Waals surface area (Å²) in [6.07, 6.45) is 3.87. The van der Waals surface area contributed by atoms with Crippen molar-refractivity contribution in [2.75, 3.05) is 25.5 Å². The molecule has 1 atom stereocenters. The molecule has 0 saturated carbocycles. The number of likely N-dealkylation sites (tertiary alicyclic amines) is 1. The molecule has 1 N–H and O–H groups in total. The van der Waals surface area contributed by atoms with Crippen LogP contribution in [0.15, 0.2) is 58.2 Å². The van der Waals surface area contributed by atoms with Gasteiger partial charge >= 0.3 is 6.03 Å². The number of oxime groups is 2. The van der Waals surface area contributed by atoms with Crippen LogP contribution in [0.1, 0.15) is 58.7 Å². The van der Waals surface area contributed by atoms with Crippen molar-refractivity contribution in [3.05, 3.63) is 80.3 Å². The van der Waals surface area contributed by atoms with Crippen LogP contribution >= 0.6 is 22.9 Å². The number of halogens is 1. The molecule has 8 nitrogen and oxygen atoms in total. The van der Waals surface area contributed by atoms with Gasteiger partial charge in [0.25, 0.3) is 0 Å². The summed E-state index contributed by atoms with van der Waals surface area (Å²) in [6, 6.07) is 13.3. The number of benzene rings is 2. The molecule has 3 aromatic rings. The molecule has 5 rings (SSSR count). The zero-order chi connectivity index (χ0) is 25.8. The summed E-state index contributed by atoms with van der Waals surface area (Å²) in [7, 11) is 1.52. The fourth-order valence-corrected chi connectivity index (χ4v) is 5.76. The van der Waals surface area contributed by atoms with E-state index in [0.29, 0.717) is 30.5 Å². The van der Waals surface area contributed by atoms with E-state index in [1.807, 2.05) is 48.2 Å². The number of carbonyl (C=O) groups excluding carboxylic acids is 1. The fraction of sp³-hybridized carbons (Fsp3) is 0.333. The Morgan fingerprint density at radius 2 is 2.08 bits per heavy atom. The van der Waals surface area contributed by atoms with Crippen molar-refractivity contribution in [1.29, 1.82) is 0 Å². The molecule has 1 fully saturated rings. The van der Waals surface area contributed by atoms with E-state index in [-0.39, 0.29) is 12.1 Å². The van der Waals surface area contributed by atoms with Gasteiger partial charge in [-0.05, 0) is 37.5 Å². The topological polar surface area (TPSA) is 88.4 Å². The molecule has 37 heavy (non-hydrogen) atoms. The molecular formula is C27H28ClN5O3S. The van der Waals surface area contributed by atoms with E-state index < -0.39 is 0 Å². The van der Waals surface area contributed by atoms with Crippen molar-refractivity contribution in [1.82, 2.24) is 9.88 Å². The largest absolute Gasteiger partial charge is 0.399 e. The highest BCUT2D eigenvalue weighted by Gasteiger charge is 2.29. The van der Waals surface area contributed by atoms with Gasteiger partial charge in [-0.2, -0.15) is 0 Å². The van der Waals surface area contributed by atoms with Crippen LogP contribution in [0.5, 0.6) is 0 Å². The summed E-state index contributed by atoms with van der Waals surface area (Å²) in [5.74, 6) is 0.320. The number of hydrogen-bond donors (Lipinski definition) is 1. The monoisotopic (exact) mass is 537 g/mol. The first-order valence-electron chi connectivity index (χ1n) is 12.2. The Kier molecular flexibility index (Phi) is 7.71. The summed E-state index contributed by atoms with van der Waals surface area (Å²) in [4.78, 5) is 30.2. The average Bonchev–Trinajstić information content (AvgIpc) is 3.60. The molecule has 0 spiro atoms. The molecule has 2 aliphatic rings. The van der Waals surface area contributed by atoms with Crippen molar-refractivity contribution in [2.45, 2.75) is 38.2 Å². The van der Waals surface area contributed by atoms with Crippen molar-refractivity contribution >= 4 is 46.6 Å². The van der Waals surface area contributed by atoms with Crippen molar-refractivity contribution < 1.29 is 14.5 Å². The van der Waals surface area contributed by atoms with E-state index >= 15 is 0 Å². The van der Waals surface area contributed by atoms with Crippen molar-refractivity contribution in [3.63, 3.8) is 0 Å². The second-order valence-corrected chi connectivity index (χ2v) is 10.4. The molecule has 2 aliphatic heterocycles. The van der Waals surface area contributed by atoms with E-state index in [9.17, 15) is 4.79 Å². The molecule has 10 heteroatoms. The molecule has 0 radical (unpaired) electrons. The highest BCUT2D eigenvalue weighted by molar-refractivity contribution is 7.10. The number of aryl methyl sites for hydroxylation is 1. The smallest absolute Gasteiger partial charge is 0.321 e. The number of anilines is 1. The summed E-state index contributed by atoms with van der Waals surface area (Å²) >= 11 is 7.74. The Labute approximate surface area is 224 Å². The second-order valence-electron chi connectivity index (χ2n) is 9.10. The normalized spacial score (nSPS) is 18.1. The third kappa shape index (κ3) is 5.78. The first-order valence-corrected chi connectivity index (χ1v) is 13.4. The molecule has 1 aromatic heterocycles. The van der Waals surface area contributed by atoms with Gasteiger partial charge in [0.05, 0.1) is 16.9 Å². The molecule has 0 aliphatic carbocycles. The standard InChI is InChI=1S/C27H28ClN5O3S/c1-17-7-8-20(28)13-22(17)31-27(34)33-11-9-18(10-12-33)26-30-24(16-37-26)23-14-25(36-32-23)21-6-4-3-5-19(21)15-29-35-2/h3-8,13,15-16,18,25H,9-12,14H2,1-2H3,(H,31,34)/b29-15+. The van der Waals surface area contributed by atoms with Crippen LogP contribution in [0.3, 0.4) is 0 Å². The molecule has 3 heterocycles. The zero-order valence-electron chi connectivity index (χ0n) is 20.7. The number of amides is 2. The van der Waals surface area contributed by atoms with Gasteiger partial charge < -0.3 is 19.9 Å². The lowest BCUT2D eigenvalue weighted by atomic mass is 9.97. The van der Waals surface area contributed by atoms with Crippen LogP contribution < -0.4 is 5.32 Å². The van der Waals surface area contributed by atoms with E-state index in [1.165, 1.54) is 7.11 Å². The Hall–Kier alpha value is -3.43. The lowest BCUT2D eigenvalue weighted by Crippen LogP contribution is -2.40. The first kappa shape index (κ1) is 25.2. The summed E-state index contributed by atoms with van der Waals surface area (Å²) in [6.45, 7) is 3.31. The molecule has 0 bridgehead atoms. The Morgan fingerprint density at radius 3 is 2.89 bits per heavy atom. The van der Waals surface area contributed by atoms with Gasteiger partial charge in [0.1, 0.15) is 12.8 Å². The number of nitrogens with zero attached hydrogens (tertiary/aromatic N) is 4. The third-order valence-corrected chi connectivity index (χ3v) is 7.94. The number of aromatic nitrogens is 1. The fourth-order valence-electron chi connectivity index (χ4n) is 4.59. The van der Waals surface area contributed by atoms with Crippen LogP contribution in [0, 0.1) is 6.92 Å². The highest BCUT2D eigenvalue weighted by Crippen LogP contribution is 2.34. The SMILES string of the molecule is CO/N=C/c1ccccc1C1CC(c2csc(C3CCN(C(=O)Nc4cc(Cl)ccc4C)CC3)n2)=NO1. The molecule has 2 aromatic carbocycles. The predicted octanol–water partition coefficient (Wildman–Crippen LogP) is 6.36. The van der Waals surface area contributed by atoms with Gasteiger partial charge in [-0.1, -0.05) is 52.2 Å². The third-order valence-electron chi connectivity index (χ3n) is 6.70. The van der Waals surface area contributed by atoms with Crippen molar-refractivity contribution in [3.8, 4) is 0 Å². The Bertz CT molecular complexity index is 1330. The molecule has 1 unspecified atom stereocenters. The van der Waals surface area contributed by atoms with Crippen molar-refractivity contribution in [2.24, 2.45) is 10.3 Å². The van der Waals surface area contributed by atoms with Gasteiger partial charge in [-0.15, -0.1) is 11.3 Å². The maximum Gasteiger partial charge on any atom is 0.321 e. The quantitative estimate of drug-likeness (QED) is 0.292. The summed E-state index contributed by atoms with van der Waals surface area (Å²) < 4.78 is 0. The maximum atomic E-state index is 12.8. The maximum absolute atomic E-state index is 12.8. The highest BCUT2D eigenvalue weighted by atomic mass is 35.5. The van der Waals surface area contributed by atoms with Gasteiger partial charge in [-0.25, -0.2) is 9.78 Å². The number of piperidine rings is 1. The molecule has 2 amide bonds. The minimum absolute atomic E-state index is 0.0945. The van der Waals surface area contributed by atoms with E-state index in [0.717, 1.165) is 51.6 Å². The lowest BCUT2D eigenvalue weighted by molar-refractivity contribution is 0.0856. The molecule has 192 valence electrons. The predicted molar refractivity (Wildman–Crippen MR) is 147 cm³/mol. The number of thiazole rings is 1. The number of carbonyl (C=O) groups is 1. The van der Waals surface area contributed by atoms with Gasteiger partial charge in [0, 0.05) is 52.6 Å². The summed E-state index contributed by atoms with van der Waals surface area (Å²) in [5.41, 5.74) is 5.38. The van der Waals surface area contributed by atoms with Crippen LogP contribution in [0.2, 0.25) is 5.02 Å². The van der Waals surface area contributed by atoms with E-state index in [1.54, 1.807) is 23.6 Å². The zero-order valence-corrected chi connectivity index (χ0v) is 22.3. The molecule has 1 saturated heterocycles. The average molecular weight is 538 g/mol. The van der Waals surface area contributed by atoms with E-state index in [4.69, 9.17) is 26.3 Å². The van der Waals surface area contributed by atoms with Crippen LogP contribution in [0.25, 0.3) is 0 Å². The summed E-state index contributed by atoms with van der Waals surface area (Å²) in [5, 5.41) is 15.0. The van der Waals surface area contributed by atoms with Gasteiger partial charge in [-0.3, -0.25) is 0 Å². The van der Waals surface area contributed by atoms with E-state index in [2.05, 4.69) is 21.0 Å². The minimum atomic E-state index is -0.190. The van der Waals surface area contributed by atoms with Crippen LogP contribution in [-0.4, -0.2) is 48.0 Å². The number of hydrogen-bond acceptors (Lipinski definition) is 7. The Morgan fingerprint density at radius 1 is 1.27 bits per heavy atom.